The van der Waals surface area contributed by atoms with E-state index in [4.69, 9.17) is 5.73 Å². The molecule has 2 unspecified atom stereocenters. The highest BCUT2D eigenvalue weighted by molar-refractivity contribution is 5.76. The summed E-state index contributed by atoms with van der Waals surface area (Å²) in [6.45, 7) is 2.31. The Morgan fingerprint density at radius 3 is 2.56 bits per heavy atom. The standard InChI is InChI=1S/C15H28N2O/c1-11-5-7-14(8-6-11)17-15(18)10-12-3-2-4-13(16)9-12/h11-14H,2-10,16H2,1H3,(H,17,18). The number of rotatable bonds is 3. The van der Waals surface area contributed by atoms with Crippen LogP contribution in [0.25, 0.3) is 0 Å². The van der Waals surface area contributed by atoms with Crippen LogP contribution in [0, 0.1) is 11.8 Å². The largest absolute Gasteiger partial charge is 0.353 e. The number of carbonyl (C=O) groups excluding carboxylic acids is 1. The first-order valence-electron chi connectivity index (χ1n) is 7.68. The van der Waals surface area contributed by atoms with Crippen molar-refractivity contribution in [2.45, 2.75) is 76.8 Å². The van der Waals surface area contributed by atoms with Gasteiger partial charge in [0.15, 0.2) is 0 Å². The van der Waals surface area contributed by atoms with Gasteiger partial charge in [-0.25, -0.2) is 0 Å². The molecule has 2 fully saturated rings. The van der Waals surface area contributed by atoms with Crippen LogP contribution in [-0.2, 0) is 4.79 Å². The highest BCUT2D eigenvalue weighted by Crippen LogP contribution is 2.27. The molecule has 104 valence electrons. The molecule has 2 aliphatic carbocycles. The van der Waals surface area contributed by atoms with Crippen molar-refractivity contribution in [1.82, 2.24) is 5.32 Å². The molecular formula is C15H28N2O. The first-order chi connectivity index (χ1) is 8.63. The van der Waals surface area contributed by atoms with Crippen LogP contribution in [0.2, 0.25) is 0 Å². The van der Waals surface area contributed by atoms with Crippen LogP contribution >= 0.6 is 0 Å². The molecule has 3 N–H and O–H groups in total. The fraction of sp³-hybridized carbons (Fsp3) is 0.933. The maximum Gasteiger partial charge on any atom is 0.220 e. The monoisotopic (exact) mass is 252 g/mol. The molecule has 1 amide bonds. The van der Waals surface area contributed by atoms with E-state index < -0.39 is 0 Å². The van der Waals surface area contributed by atoms with Gasteiger partial charge in [0, 0.05) is 18.5 Å². The Labute approximate surface area is 111 Å². The second-order valence-corrected chi connectivity index (χ2v) is 6.52. The lowest BCUT2D eigenvalue weighted by Gasteiger charge is -2.29. The van der Waals surface area contributed by atoms with Gasteiger partial charge in [0.2, 0.25) is 5.91 Å². The molecule has 0 radical (unpaired) electrons. The topological polar surface area (TPSA) is 55.1 Å². The van der Waals surface area contributed by atoms with E-state index in [1.807, 2.05) is 0 Å². The summed E-state index contributed by atoms with van der Waals surface area (Å²) in [5.74, 6) is 1.62. The van der Waals surface area contributed by atoms with Crippen molar-refractivity contribution in [1.29, 1.82) is 0 Å². The zero-order valence-electron chi connectivity index (χ0n) is 11.7. The summed E-state index contributed by atoms with van der Waals surface area (Å²) >= 11 is 0. The average Bonchev–Trinajstić information content (AvgIpc) is 2.32. The van der Waals surface area contributed by atoms with Crippen LogP contribution in [0.15, 0.2) is 0 Å². The van der Waals surface area contributed by atoms with Crippen LogP contribution in [0.5, 0.6) is 0 Å². The number of carbonyl (C=O) groups is 1. The minimum absolute atomic E-state index is 0.258. The van der Waals surface area contributed by atoms with E-state index in [0.29, 0.717) is 24.4 Å². The summed E-state index contributed by atoms with van der Waals surface area (Å²) in [6, 6.07) is 0.762. The molecule has 0 saturated heterocycles. The number of hydrogen-bond acceptors (Lipinski definition) is 2. The first-order valence-corrected chi connectivity index (χ1v) is 7.68. The van der Waals surface area contributed by atoms with E-state index >= 15 is 0 Å². The zero-order valence-corrected chi connectivity index (χ0v) is 11.7. The number of nitrogens with one attached hydrogen (secondary N) is 1. The van der Waals surface area contributed by atoms with Gasteiger partial charge in [-0.1, -0.05) is 13.3 Å². The molecule has 0 aliphatic heterocycles. The van der Waals surface area contributed by atoms with Crippen molar-refractivity contribution >= 4 is 5.91 Å². The van der Waals surface area contributed by atoms with Crippen LogP contribution in [0.1, 0.15) is 64.7 Å². The summed E-state index contributed by atoms with van der Waals surface area (Å²) in [5.41, 5.74) is 5.97. The van der Waals surface area contributed by atoms with Crippen LogP contribution < -0.4 is 11.1 Å². The molecule has 2 atom stereocenters. The maximum absolute atomic E-state index is 12.0. The molecule has 2 rings (SSSR count). The molecule has 2 saturated carbocycles. The minimum atomic E-state index is 0.258. The molecule has 0 aromatic rings. The summed E-state index contributed by atoms with van der Waals surface area (Å²) in [4.78, 5) is 12.0. The van der Waals surface area contributed by atoms with E-state index in [1.54, 1.807) is 0 Å². The third-order valence-corrected chi connectivity index (χ3v) is 4.68. The van der Waals surface area contributed by atoms with Crippen molar-refractivity contribution in [3.63, 3.8) is 0 Å². The molecular weight excluding hydrogens is 224 g/mol. The van der Waals surface area contributed by atoms with Gasteiger partial charge in [0.1, 0.15) is 0 Å². The predicted molar refractivity (Wildman–Crippen MR) is 74.1 cm³/mol. The van der Waals surface area contributed by atoms with E-state index in [9.17, 15) is 4.79 Å². The Bertz CT molecular complexity index is 272. The SMILES string of the molecule is CC1CCC(NC(=O)CC2CCCC(N)C2)CC1. The van der Waals surface area contributed by atoms with E-state index in [0.717, 1.165) is 31.6 Å². The maximum atomic E-state index is 12.0. The number of amides is 1. The Hall–Kier alpha value is -0.570. The summed E-state index contributed by atoms with van der Waals surface area (Å²) < 4.78 is 0. The van der Waals surface area contributed by atoms with Crippen molar-refractivity contribution in [2.75, 3.05) is 0 Å². The Morgan fingerprint density at radius 1 is 1.17 bits per heavy atom. The van der Waals surface area contributed by atoms with Crippen molar-refractivity contribution in [3.05, 3.63) is 0 Å². The molecule has 0 aromatic carbocycles. The number of nitrogens with two attached hydrogens (primary N) is 1. The summed E-state index contributed by atoms with van der Waals surface area (Å²) in [7, 11) is 0. The molecule has 18 heavy (non-hydrogen) atoms. The fourth-order valence-electron chi connectivity index (χ4n) is 3.47. The van der Waals surface area contributed by atoms with E-state index in [1.165, 1.54) is 25.7 Å². The fourth-order valence-corrected chi connectivity index (χ4v) is 3.47. The molecule has 3 heteroatoms. The second-order valence-electron chi connectivity index (χ2n) is 6.52. The smallest absolute Gasteiger partial charge is 0.220 e. The quantitative estimate of drug-likeness (QED) is 0.811. The average molecular weight is 252 g/mol. The van der Waals surface area contributed by atoms with Gasteiger partial charge in [0.05, 0.1) is 0 Å². The van der Waals surface area contributed by atoms with E-state index in [-0.39, 0.29) is 5.91 Å². The van der Waals surface area contributed by atoms with E-state index in [2.05, 4.69) is 12.2 Å². The van der Waals surface area contributed by atoms with Crippen LogP contribution in [0.4, 0.5) is 0 Å². The van der Waals surface area contributed by atoms with Gasteiger partial charge >= 0.3 is 0 Å². The number of hydrogen-bond donors (Lipinski definition) is 2. The predicted octanol–water partition coefficient (Wildman–Crippen LogP) is 2.59. The van der Waals surface area contributed by atoms with Gasteiger partial charge in [0.25, 0.3) is 0 Å². The lowest BCUT2D eigenvalue weighted by Crippen LogP contribution is -2.39. The van der Waals surface area contributed by atoms with Crippen molar-refractivity contribution < 1.29 is 4.79 Å². The Kier molecular flexibility index (Phi) is 5.04. The van der Waals surface area contributed by atoms with Crippen molar-refractivity contribution in [2.24, 2.45) is 17.6 Å². The van der Waals surface area contributed by atoms with Gasteiger partial charge in [-0.15, -0.1) is 0 Å². The van der Waals surface area contributed by atoms with Gasteiger partial charge in [-0.3, -0.25) is 4.79 Å². The molecule has 2 aliphatic rings. The highest BCUT2D eigenvalue weighted by atomic mass is 16.1. The molecule has 0 aromatic heterocycles. The lowest BCUT2D eigenvalue weighted by molar-refractivity contribution is -0.123. The zero-order chi connectivity index (χ0) is 13.0. The minimum Gasteiger partial charge on any atom is -0.353 e. The third kappa shape index (κ3) is 4.27. The summed E-state index contributed by atoms with van der Waals surface area (Å²) in [5, 5.41) is 3.22. The molecule has 0 bridgehead atoms. The van der Waals surface area contributed by atoms with Gasteiger partial charge in [-0.2, -0.15) is 0 Å². The summed E-state index contributed by atoms with van der Waals surface area (Å²) in [6.07, 6.45) is 10.1. The lowest BCUT2D eigenvalue weighted by atomic mass is 9.83. The Balaban J connectivity index is 1.68. The molecule has 0 heterocycles. The molecule has 0 spiro atoms. The second kappa shape index (κ2) is 6.55. The normalized spacial score (nSPS) is 37.2. The van der Waals surface area contributed by atoms with Crippen molar-refractivity contribution in [3.8, 4) is 0 Å². The highest BCUT2D eigenvalue weighted by Gasteiger charge is 2.24. The van der Waals surface area contributed by atoms with Crippen LogP contribution in [0.3, 0.4) is 0 Å². The van der Waals surface area contributed by atoms with Gasteiger partial charge < -0.3 is 11.1 Å². The molecule has 3 nitrogen and oxygen atoms in total. The first kappa shape index (κ1) is 13.9. The Morgan fingerprint density at radius 2 is 1.89 bits per heavy atom. The van der Waals surface area contributed by atoms with Gasteiger partial charge in [-0.05, 0) is 56.8 Å². The third-order valence-electron chi connectivity index (χ3n) is 4.68. The van der Waals surface area contributed by atoms with Crippen LogP contribution in [-0.4, -0.2) is 18.0 Å².